The van der Waals surface area contributed by atoms with Crippen molar-refractivity contribution < 1.29 is 18.8 Å². The number of nitrogens with zero attached hydrogens (tertiary/aromatic N) is 5. The second-order valence-corrected chi connectivity index (χ2v) is 8.56. The van der Waals surface area contributed by atoms with E-state index in [1.165, 1.54) is 18.3 Å². The SMILES string of the molecule is C=CC(=O)Nc1cccc(-c2noc3cnc(Nc4ccc(N5CCN(CCO)CC5)c(F)c4)nc23)c1. The molecule has 0 atom stereocenters. The number of anilines is 4. The van der Waals surface area contributed by atoms with Crippen LogP contribution < -0.4 is 15.5 Å². The van der Waals surface area contributed by atoms with Crippen molar-refractivity contribution in [3.05, 3.63) is 67.1 Å². The predicted molar refractivity (Wildman–Crippen MR) is 139 cm³/mol. The first-order valence-corrected chi connectivity index (χ1v) is 11.8. The largest absolute Gasteiger partial charge is 0.395 e. The number of rotatable bonds is 8. The van der Waals surface area contributed by atoms with Crippen molar-refractivity contribution in [1.82, 2.24) is 20.0 Å². The van der Waals surface area contributed by atoms with E-state index in [4.69, 9.17) is 9.63 Å². The van der Waals surface area contributed by atoms with Crippen molar-refractivity contribution >= 4 is 40.0 Å². The number of halogens is 1. The Balaban J connectivity index is 1.34. The molecule has 37 heavy (non-hydrogen) atoms. The Labute approximate surface area is 212 Å². The Hall–Kier alpha value is -4.35. The van der Waals surface area contributed by atoms with Crippen LogP contribution in [0, 0.1) is 5.82 Å². The number of nitrogens with one attached hydrogen (secondary N) is 2. The average molecular weight is 504 g/mol. The normalized spacial score (nSPS) is 14.1. The third kappa shape index (κ3) is 5.42. The van der Waals surface area contributed by atoms with Gasteiger partial charge < -0.3 is 25.2 Å². The van der Waals surface area contributed by atoms with E-state index < -0.39 is 0 Å². The van der Waals surface area contributed by atoms with Crippen molar-refractivity contribution in [2.75, 3.05) is 54.9 Å². The number of benzene rings is 2. The molecule has 1 saturated heterocycles. The van der Waals surface area contributed by atoms with Crippen molar-refractivity contribution in [2.24, 2.45) is 0 Å². The Kier molecular flexibility index (Phi) is 7.06. The van der Waals surface area contributed by atoms with Gasteiger partial charge in [0.1, 0.15) is 17.0 Å². The zero-order valence-electron chi connectivity index (χ0n) is 20.0. The molecule has 1 aliphatic rings. The van der Waals surface area contributed by atoms with Crippen LogP contribution in [0.15, 0.2) is 65.8 Å². The Morgan fingerprint density at radius 2 is 2.00 bits per heavy atom. The van der Waals surface area contributed by atoms with Crippen molar-refractivity contribution in [3.63, 3.8) is 0 Å². The highest BCUT2D eigenvalue weighted by Crippen LogP contribution is 2.30. The van der Waals surface area contributed by atoms with Crippen LogP contribution in [0.4, 0.5) is 27.4 Å². The molecule has 1 aliphatic heterocycles. The van der Waals surface area contributed by atoms with Crippen LogP contribution in [-0.2, 0) is 4.79 Å². The van der Waals surface area contributed by atoms with Gasteiger partial charge in [-0.3, -0.25) is 9.69 Å². The highest BCUT2D eigenvalue weighted by Gasteiger charge is 2.20. The summed E-state index contributed by atoms with van der Waals surface area (Å²) >= 11 is 0. The van der Waals surface area contributed by atoms with Crippen LogP contribution in [0.5, 0.6) is 0 Å². The van der Waals surface area contributed by atoms with Gasteiger partial charge in [-0.25, -0.2) is 14.4 Å². The molecule has 190 valence electrons. The number of amides is 1. The van der Waals surface area contributed by atoms with Gasteiger partial charge in [0.15, 0.2) is 0 Å². The van der Waals surface area contributed by atoms with Crippen LogP contribution >= 0.6 is 0 Å². The average Bonchev–Trinajstić information content (AvgIpc) is 3.33. The zero-order valence-corrected chi connectivity index (χ0v) is 20.0. The molecule has 0 radical (unpaired) electrons. The van der Waals surface area contributed by atoms with Crippen LogP contribution in [-0.4, -0.2) is 70.4 Å². The second kappa shape index (κ2) is 10.7. The lowest BCUT2D eigenvalue weighted by atomic mass is 10.1. The molecule has 5 rings (SSSR count). The molecule has 0 saturated carbocycles. The Morgan fingerprint density at radius 1 is 1.16 bits per heavy atom. The fourth-order valence-corrected chi connectivity index (χ4v) is 4.26. The predicted octanol–water partition coefficient (Wildman–Crippen LogP) is 3.41. The summed E-state index contributed by atoms with van der Waals surface area (Å²) in [7, 11) is 0. The molecule has 2 aromatic heterocycles. The lowest BCUT2D eigenvalue weighted by Gasteiger charge is -2.36. The number of hydrogen-bond donors (Lipinski definition) is 3. The Morgan fingerprint density at radius 3 is 2.76 bits per heavy atom. The molecule has 0 unspecified atom stereocenters. The van der Waals surface area contributed by atoms with E-state index in [9.17, 15) is 9.18 Å². The topological polar surface area (TPSA) is 120 Å². The van der Waals surface area contributed by atoms with Gasteiger partial charge in [-0.05, 0) is 36.4 Å². The summed E-state index contributed by atoms with van der Waals surface area (Å²) in [6.45, 7) is 7.15. The van der Waals surface area contributed by atoms with Crippen LogP contribution in [0.1, 0.15) is 0 Å². The van der Waals surface area contributed by atoms with E-state index in [0.717, 1.165) is 13.1 Å². The summed E-state index contributed by atoms with van der Waals surface area (Å²) in [5.41, 5.74) is 3.67. The zero-order chi connectivity index (χ0) is 25.8. The molecule has 0 aliphatic carbocycles. The van der Waals surface area contributed by atoms with Gasteiger partial charge in [0.2, 0.25) is 17.4 Å². The number of aromatic nitrogens is 3. The number of aliphatic hydroxyl groups excluding tert-OH is 1. The highest BCUT2D eigenvalue weighted by molar-refractivity contribution is 5.99. The molecule has 1 amide bonds. The van der Waals surface area contributed by atoms with E-state index in [0.29, 0.717) is 59.1 Å². The molecule has 1 fully saturated rings. The summed E-state index contributed by atoms with van der Waals surface area (Å²) in [5.74, 6) is -0.401. The molecule has 2 aromatic carbocycles. The number of hydrogen-bond acceptors (Lipinski definition) is 9. The smallest absolute Gasteiger partial charge is 0.247 e. The molecule has 0 spiro atoms. The van der Waals surface area contributed by atoms with Gasteiger partial charge in [0.05, 0.1) is 18.5 Å². The van der Waals surface area contributed by atoms with Gasteiger partial charge >= 0.3 is 0 Å². The Bertz CT molecular complexity index is 1430. The number of piperazine rings is 1. The van der Waals surface area contributed by atoms with E-state index in [1.54, 1.807) is 30.3 Å². The minimum absolute atomic E-state index is 0.124. The molecule has 0 bridgehead atoms. The van der Waals surface area contributed by atoms with Gasteiger partial charge in [0.25, 0.3) is 0 Å². The van der Waals surface area contributed by atoms with E-state index >= 15 is 0 Å². The minimum atomic E-state index is -0.342. The van der Waals surface area contributed by atoms with Crippen LogP contribution in [0.2, 0.25) is 0 Å². The second-order valence-electron chi connectivity index (χ2n) is 8.56. The summed E-state index contributed by atoms with van der Waals surface area (Å²) in [5, 5.41) is 19.0. The first kappa shape index (κ1) is 24.3. The first-order valence-electron chi connectivity index (χ1n) is 11.8. The summed E-state index contributed by atoms with van der Waals surface area (Å²) in [4.78, 5) is 24.6. The highest BCUT2D eigenvalue weighted by atomic mass is 19.1. The van der Waals surface area contributed by atoms with Crippen molar-refractivity contribution in [3.8, 4) is 11.3 Å². The van der Waals surface area contributed by atoms with Gasteiger partial charge in [-0.2, -0.15) is 0 Å². The first-order chi connectivity index (χ1) is 18.0. The standard InChI is InChI=1S/C26H26FN7O3/c1-2-23(36)29-18-5-3-4-17(14-18)24-25-22(37-32-24)16-28-26(31-25)30-19-6-7-21(20(27)15-19)34-10-8-33(9-11-34)12-13-35/h2-7,14-16,35H,1,8-13H2,(H,29,36)(H,28,30,31). The third-order valence-electron chi connectivity index (χ3n) is 6.14. The number of β-amino-alcohol motifs (C(OH)–C–C–N with tert-alkyl or cyclic N) is 1. The quantitative estimate of drug-likeness (QED) is 0.311. The van der Waals surface area contributed by atoms with E-state index in [1.807, 2.05) is 11.0 Å². The minimum Gasteiger partial charge on any atom is -0.395 e. The fraction of sp³-hybridized carbons (Fsp3) is 0.231. The van der Waals surface area contributed by atoms with Gasteiger partial charge in [-0.15, -0.1) is 0 Å². The number of aliphatic hydroxyl groups is 1. The lowest BCUT2D eigenvalue weighted by molar-refractivity contribution is -0.111. The molecule has 4 aromatic rings. The monoisotopic (exact) mass is 503 g/mol. The summed E-state index contributed by atoms with van der Waals surface area (Å²) in [6.07, 6.45) is 2.69. The summed E-state index contributed by atoms with van der Waals surface area (Å²) in [6, 6.07) is 12.1. The number of fused-ring (bicyclic) bond motifs is 1. The van der Waals surface area contributed by atoms with E-state index in [-0.39, 0.29) is 24.3 Å². The number of carbonyl (C=O) groups excluding carboxylic acids is 1. The molecule has 3 N–H and O–H groups in total. The summed E-state index contributed by atoms with van der Waals surface area (Å²) < 4.78 is 20.4. The maximum absolute atomic E-state index is 15.0. The third-order valence-corrected chi connectivity index (χ3v) is 6.14. The lowest BCUT2D eigenvalue weighted by Crippen LogP contribution is -2.47. The maximum Gasteiger partial charge on any atom is 0.247 e. The van der Waals surface area contributed by atoms with Crippen molar-refractivity contribution in [2.45, 2.75) is 0 Å². The molecule has 10 nitrogen and oxygen atoms in total. The molecular formula is C26H26FN7O3. The molecule has 11 heteroatoms. The van der Waals surface area contributed by atoms with Crippen molar-refractivity contribution in [1.29, 1.82) is 0 Å². The number of carbonyl (C=O) groups is 1. The van der Waals surface area contributed by atoms with E-state index in [2.05, 4.69) is 37.2 Å². The fourth-order valence-electron chi connectivity index (χ4n) is 4.26. The van der Waals surface area contributed by atoms with Crippen LogP contribution in [0.25, 0.3) is 22.4 Å². The van der Waals surface area contributed by atoms with Crippen LogP contribution in [0.3, 0.4) is 0 Å². The van der Waals surface area contributed by atoms with Gasteiger partial charge in [-0.1, -0.05) is 23.9 Å². The molecular weight excluding hydrogens is 477 g/mol. The molecule has 3 heterocycles. The maximum atomic E-state index is 15.0. The van der Waals surface area contributed by atoms with Gasteiger partial charge in [0, 0.05) is 49.7 Å².